The second kappa shape index (κ2) is 9.84. The Hall–Kier alpha value is -3.19. The number of aryl methyl sites for hydroxylation is 2. The molecule has 0 saturated heterocycles. The molecular weight excluding hydrogens is 388 g/mol. The standard InChI is InChI=1S/C22H22N2O4S/c1-4-26-21(25)8-5-17-9-15(2)22(16(3)10-17)28-20-7-6-19(11-23-20)27-12-18-13-29-14-24-18/h5-11,13-14H,4,12H2,1-3H3/b8-5+. The van der Waals surface area contributed by atoms with Gasteiger partial charge in [0, 0.05) is 17.5 Å². The molecule has 1 aromatic carbocycles. The first kappa shape index (κ1) is 20.5. The average Bonchev–Trinajstić information content (AvgIpc) is 3.22. The van der Waals surface area contributed by atoms with Crippen LogP contribution in [0.1, 0.15) is 29.3 Å². The van der Waals surface area contributed by atoms with Crippen molar-refractivity contribution in [1.82, 2.24) is 9.97 Å². The van der Waals surface area contributed by atoms with Gasteiger partial charge in [0.1, 0.15) is 18.1 Å². The van der Waals surface area contributed by atoms with Gasteiger partial charge >= 0.3 is 5.97 Å². The van der Waals surface area contributed by atoms with Gasteiger partial charge in [-0.05, 0) is 61.7 Å². The van der Waals surface area contributed by atoms with Crippen LogP contribution in [0, 0.1) is 13.8 Å². The third kappa shape index (κ3) is 5.89. The zero-order valence-corrected chi connectivity index (χ0v) is 17.4. The third-order valence-electron chi connectivity index (χ3n) is 3.97. The van der Waals surface area contributed by atoms with Gasteiger partial charge in [0.25, 0.3) is 0 Å². The second-order valence-corrected chi connectivity index (χ2v) is 6.99. The van der Waals surface area contributed by atoms with E-state index >= 15 is 0 Å². The summed E-state index contributed by atoms with van der Waals surface area (Å²) in [6.45, 7) is 6.45. The van der Waals surface area contributed by atoms with Gasteiger partial charge in [-0.1, -0.05) is 0 Å². The minimum atomic E-state index is -0.357. The molecule has 0 aliphatic carbocycles. The quantitative estimate of drug-likeness (QED) is 0.380. The van der Waals surface area contributed by atoms with Crippen LogP contribution in [0.25, 0.3) is 6.08 Å². The number of pyridine rings is 1. The Morgan fingerprint density at radius 1 is 1.17 bits per heavy atom. The third-order valence-corrected chi connectivity index (χ3v) is 4.60. The van der Waals surface area contributed by atoms with Crippen LogP contribution in [-0.2, 0) is 16.1 Å². The van der Waals surface area contributed by atoms with E-state index in [0.717, 1.165) is 28.1 Å². The normalized spacial score (nSPS) is 10.9. The number of rotatable bonds is 8. The lowest BCUT2D eigenvalue weighted by atomic mass is 10.1. The van der Waals surface area contributed by atoms with Crippen molar-refractivity contribution in [3.63, 3.8) is 0 Å². The SMILES string of the molecule is CCOC(=O)/C=C/c1cc(C)c(Oc2ccc(OCc3cscn3)cn2)c(C)c1. The lowest BCUT2D eigenvalue weighted by molar-refractivity contribution is -0.137. The Morgan fingerprint density at radius 2 is 1.97 bits per heavy atom. The Morgan fingerprint density at radius 3 is 2.59 bits per heavy atom. The average molecular weight is 410 g/mol. The molecule has 6 nitrogen and oxygen atoms in total. The molecule has 2 heterocycles. The van der Waals surface area contributed by atoms with Crippen LogP contribution in [0.5, 0.6) is 17.4 Å². The van der Waals surface area contributed by atoms with Crippen molar-refractivity contribution >= 4 is 23.4 Å². The van der Waals surface area contributed by atoms with Crippen LogP contribution in [0.3, 0.4) is 0 Å². The van der Waals surface area contributed by atoms with E-state index in [4.69, 9.17) is 14.2 Å². The first-order valence-electron chi connectivity index (χ1n) is 9.15. The predicted octanol–water partition coefficient (Wildman–Crippen LogP) is 5.10. The van der Waals surface area contributed by atoms with E-state index in [1.165, 1.54) is 17.4 Å². The highest BCUT2D eigenvalue weighted by Gasteiger charge is 2.09. The summed E-state index contributed by atoms with van der Waals surface area (Å²) >= 11 is 1.53. The fraction of sp³-hybridized carbons (Fsp3) is 0.227. The maximum Gasteiger partial charge on any atom is 0.330 e. The van der Waals surface area contributed by atoms with Gasteiger partial charge in [-0.3, -0.25) is 0 Å². The summed E-state index contributed by atoms with van der Waals surface area (Å²) in [5.41, 5.74) is 5.45. The molecule has 0 atom stereocenters. The molecule has 29 heavy (non-hydrogen) atoms. The van der Waals surface area contributed by atoms with Crippen molar-refractivity contribution in [3.05, 3.63) is 69.8 Å². The largest absolute Gasteiger partial charge is 0.486 e. The van der Waals surface area contributed by atoms with Gasteiger partial charge in [-0.15, -0.1) is 11.3 Å². The number of hydrogen-bond donors (Lipinski definition) is 0. The fourth-order valence-electron chi connectivity index (χ4n) is 2.68. The smallest absolute Gasteiger partial charge is 0.330 e. The minimum Gasteiger partial charge on any atom is -0.486 e. The molecule has 3 rings (SSSR count). The van der Waals surface area contributed by atoms with E-state index in [-0.39, 0.29) is 5.97 Å². The van der Waals surface area contributed by atoms with Crippen molar-refractivity contribution < 1.29 is 19.0 Å². The van der Waals surface area contributed by atoms with Gasteiger partial charge in [-0.25, -0.2) is 14.8 Å². The van der Waals surface area contributed by atoms with Crippen LogP contribution in [-0.4, -0.2) is 22.5 Å². The molecule has 0 saturated carbocycles. The molecule has 0 N–H and O–H groups in total. The number of nitrogens with zero attached hydrogens (tertiary/aromatic N) is 2. The monoisotopic (exact) mass is 410 g/mol. The summed E-state index contributed by atoms with van der Waals surface area (Å²) in [4.78, 5) is 20.0. The molecule has 0 aliphatic heterocycles. The molecule has 150 valence electrons. The number of esters is 1. The minimum absolute atomic E-state index is 0.357. The number of aromatic nitrogens is 2. The number of benzene rings is 1. The number of carbonyl (C=O) groups excluding carboxylic acids is 1. The maximum absolute atomic E-state index is 11.5. The van der Waals surface area contributed by atoms with Crippen LogP contribution >= 0.6 is 11.3 Å². The molecule has 3 aromatic rings. The first-order chi connectivity index (χ1) is 14.0. The Labute approximate surface area is 173 Å². The second-order valence-electron chi connectivity index (χ2n) is 6.27. The summed E-state index contributed by atoms with van der Waals surface area (Å²) in [6.07, 6.45) is 4.78. The highest BCUT2D eigenvalue weighted by Crippen LogP contribution is 2.30. The fourth-order valence-corrected chi connectivity index (χ4v) is 3.22. The first-order valence-corrected chi connectivity index (χ1v) is 10.1. The van der Waals surface area contributed by atoms with Crippen LogP contribution in [0.2, 0.25) is 0 Å². The van der Waals surface area contributed by atoms with Crippen molar-refractivity contribution in [1.29, 1.82) is 0 Å². The lowest BCUT2D eigenvalue weighted by Crippen LogP contribution is -1.99. The Balaban J connectivity index is 1.65. The van der Waals surface area contributed by atoms with Crippen LogP contribution in [0.4, 0.5) is 0 Å². The van der Waals surface area contributed by atoms with Gasteiger partial charge in [-0.2, -0.15) is 0 Å². The number of ether oxygens (including phenoxy) is 3. The molecule has 0 spiro atoms. The van der Waals surface area contributed by atoms with E-state index in [2.05, 4.69) is 9.97 Å². The number of thiazole rings is 1. The van der Waals surface area contributed by atoms with Gasteiger partial charge < -0.3 is 14.2 Å². The predicted molar refractivity (Wildman–Crippen MR) is 112 cm³/mol. The van der Waals surface area contributed by atoms with E-state index in [0.29, 0.717) is 24.8 Å². The van der Waals surface area contributed by atoms with Crippen molar-refractivity contribution in [2.45, 2.75) is 27.4 Å². The zero-order chi connectivity index (χ0) is 20.6. The molecule has 0 bridgehead atoms. The number of hydrogen-bond acceptors (Lipinski definition) is 7. The molecule has 0 aliphatic rings. The van der Waals surface area contributed by atoms with Crippen molar-refractivity contribution in [2.75, 3.05) is 6.61 Å². The molecule has 7 heteroatoms. The summed E-state index contributed by atoms with van der Waals surface area (Å²) in [5.74, 6) is 1.51. The summed E-state index contributed by atoms with van der Waals surface area (Å²) in [6, 6.07) is 7.48. The highest BCUT2D eigenvalue weighted by atomic mass is 32.1. The summed E-state index contributed by atoms with van der Waals surface area (Å²) < 4.78 is 16.5. The Kier molecular flexibility index (Phi) is 6.97. The van der Waals surface area contributed by atoms with Gasteiger partial charge in [0.2, 0.25) is 5.88 Å². The highest BCUT2D eigenvalue weighted by molar-refractivity contribution is 7.07. The molecule has 2 aromatic heterocycles. The van der Waals surface area contributed by atoms with Crippen molar-refractivity contribution in [3.8, 4) is 17.4 Å². The molecule has 0 unspecified atom stereocenters. The molecule has 0 fully saturated rings. The van der Waals surface area contributed by atoms with E-state index in [1.807, 2.05) is 37.4 Å². The van der Waals surface area contributed by atoms with Crippen LogP contribution in [0.15, 0.2) is 47.4 Å². The van der Waals surface area contributed by atoms with Crippen LogP contribution < -0.4 is 9.47 Å². The van der Waals surface area contributed by atoms with Crippen molar-refractivity contribution in [2.24, 2.45) is 0 Å². The molecule has 0 amide bonds. The summed E-state index contributed by atoms with van der Waals surface area (Å²) in [5, 5.41) is 1.95. The van der Waals surface area contributed by atoms with E-state index < -0.39 is 0 Å². The zero-order valence-electron chi connectivity index (χ0n) is 16.5. The topological polar surface area (TPSA) is 70.5 Å². The maximum atomic E-state index is 11.5. The Bertz CT molecular complexity index is 960. The van der Waals surface area contributed by atoms with Gasteiger partial charge in [0.05, 0.1) is 24.0 Å². The lowest BCUT2D eigenvalue weighted by Gasteiger charge is -2.12. The van der Waals surface area contributed by atoms with E-state index in [9.17, 15) is 4.79 Å². The summed E-state index contributed by atoms with van der Waals surface area (Å²) in [7, 11) is 0. The molecular formula is C22H22N2O4S. The molecule has 0 radical (unpaired) electrons. The van der Waals surface area contributed by atoms with Gasteiger partial charge in [0.15, 0.2) is 0 Å². The van der Waals surface area contributed by atoms with E-state index in [1.54, 1.807) is 30.8 Å². The number of carbonyl (C=O) groups is 1.